The van der Waals surface area contributed by atoms with E-state index in [9.17, 15) is 0 Å². The smallest absolute Gasteiger partial charge is 0.128 e. The molecule has 2 aromatic rings. The molecule has 21 heavy (non-hydrogen) atoms. The molecule has 2 heterocycles. The van der Waals surface area contributed by atoms with Crippen LogP contribution in [0, 0.1) is 20.8 Å². The summed E-state index contributed by atoms with van der Waals surface area (Å²) in [6, 6.07) is 3.87. The topological polar surface area (TPSA) is 73.1 Å². The number of nitrogens with one attached hydrogen (secondary N) is 1. The Labute approximate surface area is 125 Å². The van der Waals surface area contributed by atoms with E-state index in [1.165, 1.54) is 0 Å². The molecular formula is C16H22N4O. The van der Waals surface area contributed by atoms with E-state index in [4.69, 9.17) is 10.6 Å². The largest absolute Gasteiger partial charge is 0.496 e. The maximum absolute atomic E-state index is 5.72. The summed E-state index contributed by atoms with van der Waals surface area (Å²) in [6.07, 6.45) is 4.28. The first kappa shape index (κ1) is 15.4. The summed E-state index contributed by atoms with van der Waals surface area (Å²) in [5, 5.41) is 0. The molecule has 0 fully saturated rings. The van der Waals surface area contributed by atoms with E-state index < -0.39 is 0 Å². The third-order valence-electron chi connectivity index (χ3n) is 3.73. The number of hydrogen-bond acceptors (Lipinski definition) is 5. The van der Waals surface area contributed by atoms with Gasteiger partial charge in [0.2, 0.25) is 0 Å². The Morgan fingerprint density at radius 1 is 1.24 bits per heavy atom. The standard InChI is InChI=1S/C16H22N4O/c1-10-6-5-7-18-15(10)14(20-17)8-13-12(3)16(21-4)11(2)9-19-13/h5-7,9,14,20H,8,17H2,1-4H3. The van der Waals surface area contributed by atoms with Gasteiger partial charge >= 0.3 is 0 Å². The minimum Gasteiger partial charge on any atom is -0.496 e. The van der Waals surface area contributed by atoms with Gasteiger partial charge in [-0.15, -0.1) is 0 Å². The number of nitrogens with two attached hydrogens (primary N) is 1. The lowest BCUT2D eigenvalue weighted by molar-refractivity contribution is 0.406. The van der Waals surface area contributed by atoms with Crippen LogP contribution in [0.1, 0.15) is 34.1 Å². The van der Waals surface area contributed by atoms with Crippen molar-refractivity contribution in [2.75, 3.05) is 7.11 Å². The maximum atomic E-state index is 5.72. The number of nitrogens with zero attached hydrogens (tertiary/aromatic N) is 2. The fraction of sp³-hybridized carbons (Fsp3) is 0.375. The molecule has 0 saturated heterocycles. The molecule has 0 amide bonds. The van der Waals surface area contributed by atoms with Crippen LogP contribution in [-0.4, -0.2) is 17.1 Å². The highest BCUT2D eigenvalue weighted by molar-refractivity contribution is 5.41. The van der Waals surface area contributed by atoms with Gasteiger partial charge in [-0.05, 0) is 32.4 Å². The molecular weight excluding hydrogens is 264 g/mol. The van der Waals surface area contributed by atoms with Gasteiger partial charge in [0.25, 0.3) is 0 Å². The van der Waals surface area contributed by atoms with E-state index in [1.807, 2.05) is 39.1 Å². The van der Waals surface area contributed by atoms with Crippen molar-refractivity contribution in [3.05, 3.63) is 52.6 Å². The Morgan fingerprint density at radius 2 is 2.00 bits per heavy atom. The van der Waals surface area contributed by atoms with Crippen molar-refractivity contribution >= 4 is 0 Å². The van der Waals surface area contributed by atoms with Crippen LogP contribution in [0.2, 0.25) is 0 Å². The van der Waals surface area contributed by atoms with Crippen molar-refractivity contribution in [1.82, 2.24) is 15.4 Å². The lowest BCUT2D eigenvalue weighted by Gasteiger charge is -2.19. The first-order valence-electron chi connectivity index (χ1n) is 6.95. The molecule has 112 valence electrons. The van der Waals surface area contributed by atoms with Gasteiger partial charge in [0.05, 0.1) is 18.8 Å². The second kappa shape index (κ2) is 6.65. The van der Waals surface area contributed by atoms with Gasteiger partial charge in [-0.25, -0.2) is 0 Å². The van der Waals surface area contributed by atoms with E-state index in [0.717, 1.165) is 33.8 Å². The lowest BCUT2D eigenvalue weighted by Crippen LogP contribution is -2.31. The summed E-state index contributed by atoms with van der Waals surface area (Å²) < 4.78 is 5.45. The molecule has 0 aliphatic rings. The van der Waals surface area contributed by atoms with Gasteiger partial charge in [-0.3, -0.25) is 21.2 Å². The predicted octanol–water partition coefficient (Wildman–Crippen LogP) is 2.16. The summed E-state index contributed by atoms with van der Waals surface area (Å²) in [5.41, 5.74) is 7.94. The van der Waals surface area contributed by atoms with E-state index in [0.29, 0.717) is 6.42 Å². The fourth-order valence-electron chi connectivity index (χ4n) is 2.57. The average molecular weight is 286 g/mol. The molecule has 0 spiro atoms. The molecule has 2 rings (SSSR count). The fourth-order valence-corrected chi connectivity index (χ4v) is 2.57. The normalized spacial score (nSPS) is 12.2. The molecule has 5 heteroatoms. The number of hydrazine groups is 1. The van der Waals surface area contributed by atoms with E-state index in [-0.39, 0.29) is 6.04 Å². The van der Waals surface area contributed by atoms with Crippen LogP contribution in [0.15, 0.2) is 24.5 Å². The molecule has 2 aromatic heterocycles. The van der Waals surface area contributed by atoms with Crippen molar-refractivity contribution < 1.29 is 4.74 Å². The number of rotatable bonds is 5. The van der Waals surface area contributed by atoms with Gasteiger partial charge in [-0.2, -0.15) is 0 Å². The van der Waals surface area contributed by atoms with Crippen LogP contribution in [0.3, 0.4) is 0 Å². The molecule has 0 radical (unpaired) electrons. The predicted molar refractivity (Wildman–Crippen MR) is 83.0 cm³/mol. The Balaban J connectivity index is 2.34. The second-order valence-corrected chi connectivity index (χ2v) is 5.18. The van der Waals surface area contributed by atoms with Crippen molar-refractivity contribution in [1.29, 1.82) is 0 Å². The molecule has 0 saturated carbocycles. The SMILES string of the molecule is COc1c(C)cnc(CC(NN)c2ncccc2C)c1C. The first-order valence-corrected chi connectivity index (χ1v) is 6.95. The quantitative estimate of drug-likeness (QED) is 0.651. The van der Waals surface area contributed by atoms with E-state index >= 15 is 0 Å². The number of hydrogen-bond donors (Lipinski definition) is 2. The molecule has 0 bridgehead atoms. The zero-order valence-electron chi connectivity index (χ0n) is 13.0. The molecule has 1 atom stereocenters. The van der Waals surface area contributed by atoms with Gasteiger partial charge in [0.15, 0.2) is 0 Å². The van der Waals surface area contributed by atoms with Crippen molar-refractivity contribution in [3.63, 3.8) is 0 Å². The number of ether oxygens (including phenoxy) is 1. The third kappa shape index (κ3) is 3.20. The zero-order valence-corrected chi connectivity index (χ0v) is 13.0. The number of aryl methyl sites for hydroxylation is 2. The molecule has 0 aliphatic carbocycles. The summed E-state index contributed by atoms with van der Waals surface area (Å²) in [4.78, 5) is 8.96. The Kier molecular flexibility index (Phi) is 4.88. The van der Waals surface area contributed by atoms with Crippen LogP contribution in [-0.2, 0) is 6.42 Å². The summed E-state index contributed by atoms with van der Waals surface area (Å²) in [6.45, 7) is 6.04. The number of pyridine rings is 2. The highest BCUT2D eigenvalue weighted by Crippen LogP contribution is 2.27. The molecule has 1 unspecified atom stereocenters. The highest BCUT2D eigenvalue weighted by atomic mass is 16.5. The van der Waals surface area contributed by atoms with Crippen LogP contribution in [0.5, 0.6) is 5.75 Å². The van der Waals surface area contributed by atoms with Gasteiger partial charge < -0.3 is 4.74 Å². The monoisotopic (exact) mass is 286 g/mol. The molecule has 3 N–H and O–H groups in total. The second-order valence-electron chi connectivity index (χ2n) is 5.18. The van der Waals surface area contributed by atoms with Gasteiger partial charge in [0.1, 0.15) is 5.75 Å². The lowest BCUT2D eigenvalue weighted by atomic mass is 10.00. The van der Waals surface area contributed by atoms with Crippen molar-refractivity contribution in [3.8, 4) is 5.75 Å². The molecule has 0 aromatic carbocycles. The molecule has 0 aliphatic heterocycles. The van der Waals surface area contributed by atoms with E-state index in [2.05, 4.69) is 15.4 Å². The third-order valence-corrected chi connectivity index (χ3v) is 3.73. The summed E-state index contributed by atoms with van der Waals surface area (Å²) in [5.74, 6) is 6.61. The molecule has 5 nitrogen and oxygen atoms in total. The van der Waals surface area contributed by atoms with E-state index in [1.54, 1.807) is 13.3 Å². The minimum absolute atomic E-state index is 0.0789. The Bertz CT molecular complexity index is 628. The summed E-state index contributed by atoms with van der Waals surface area (Å²) in [7, 11) is 1.68. The van der Waals surface area contributed by atoms with Gasteiger partial charge in [0, 0.05) is 35.6 Å². The number of methoxy groups -OCH3 is 1. The maximum Gasteiger partial charge on any atom is 0.128 e. The summed E-state index contributed by atoms with van der Waals surface area (Å²) >= 11 is 0. The van der Waals surface area contributed by atoms with Crippen LogP contribution in [0.4, 0.5) is 0 Å². The first-order chi connectivity index (χ1) is 10.1. The highest BCUT2D eigenvalue weighted by Gasteiger charge is 2.18. The van der Waals surface area contributed by atoms with Crippen LogP contribution < -0.4 is 16.0 Å². The Hall–Kier alpha value is -1.98. The van der Waals surface area contributed by atoms with Crippen molar-refractivity contribution in [2.45, 2.75) is 33.2 Å². The van der Waals surface area contributed by atoms with Crippen LogP contribution >= 0.6 is 0 Å². The zero-order chi connectivity index (χ0) is 15.4. The Morgan fingerprint density at radius 3 is 2.62 bits per heavy atom. The van der Waals surface area contributed by atoms with Crippen molar-refractivity contribution in [2.24, 2.45) is 5.84 Å². The van der Waals surface area contributed by atoms with Gasteiger partial charge in [-0.1, -0.05) is 6.07 Å². The average Bonchev–Trinajstić information content (AvgIpc) is 2.48. The van der Waals surface area contributed by atoms with Crippen LogP contribution in [0.25, 0.3) is 0 Å². The number of aromatic nitrogens is 2. The minimum atomic E-state index is -0.0789.